The fraction of sp³-hybridized carbons (Fsp3) is 0.667. The Labute approximate surface area is 134 Å². The van der Waals surface area contributed by atoms with Crippen molar-refractivity contribution in [1.29, 1.82) is 0 Å². The number of hydrogen-bond acceptors (Lipinski definition) is 4. The molecule has 1 unspecified atom stereocenters. The van der Waals surface area contributed by atoms with E-state index in [9.17, 15) is 8.42 Å². The van der Waals surface area contributed by atoms with Gasteiger partial charge in [-0.3, -0.25) is 0 Å². The summed E-state index contributed by atoms with van der Waals surface area (Å²) in [7, 11) is -3.06. The van der Waals surface area contributed by atoms with Gasteiger partial charge in [-0.15, -0.1) is 11.3 Å². The Balaban J connectivity index is 1.91. The Morgan fingerprint density at radius 1 is 1.40 bits per heavy atom. The van der Waals surface area contributed by atoms with E-state index >= 15 is 0 Å². The first-order valence-corrected chi connectivity index (χ1v) is 9.85. The molecular weight excluding hydrogens is 339 g/mol. The summed E-state index contributed by atoms with van der Waals surface area (Å²) < 4.78 is 25.8. The van der Waals surface area contributed by atoms with E-state index in [4.69, 9.17) is 23.2 Å². The van der Waals surface area contributed by atoms with Gasteiger partial charge >= 0.3 is 0 Å². The number of thiophene rings is 1. The number of rotatable bonds is 4. The van der Waals surface area contributed by atoms with Gasteiger partial charge in [0.2, 0.25) is 10.0 Å². The molecule has 20 heavy (non-hydrogen) atoms. The van der Waals surface area contributed by atoms with Crippen LogP contribution in [0.5, 0.6) is 0 Å². The van der Waals surface area contributed by atoms with Crippen LogP contribution in [0.15, 0.2) is 6.07 Å². The van der Waals surface area contributed by atoms with Crippen molar-refractivity contribution in [3.63, 3.8) is 0 Å². The summed E-state index contributed by atoms with van der Waals surface area (Å²) in [6.07, 6.45) is 2.89. The molecule has 2 heterocycles. The molecule has 0 saturated carbocycles. The summed E-state index contributed by atoms with van der Waals surface area (Å²) in [4.78, 5) is 0. The van der Waals surface area contributed by atoms with Crippen molar-refractivity contribution in [1.82, 2.24) is 9.62 Å². The van der Waals surface area contributed by atoms with E-state index < -0.39 is 10.0 Å². The zero-order valence-corrected chi connectivity index (χ0v) is 14.5. The molecule has 1 aliphatic rings. The molecular formula is C12H18Cl2N2O2S2. The predicted octanol–water partition coefficient (Wildman–Crippen LogP) is 3.13. The molecule has 0 amide bonds. The quantitative estimate of drug-likeness (QED) is 0.901. The fourth-order valence-electron chi connectivity index (χ4n) is 2.45. The van der Waals surface area contributed by atoms with E-state index in [1.54, 1.807) is 0 Å². The molecule has 1 aliphatic heterocycles. The normalized spacial score (nSPS) is 20.2. The lowest BCUT2D eigenvalue weighted by molar-refractivity contribution is 0.278. The lowest BCUT2D eigenvalue weighted by atomic mass is 10.0. The van der Waals surface area contributed by atoms with Crippen molar-refractivity contribution in [3.05, 3.63) is 20.3 Å². The van der Waals surface area contributed by atoms with Crippen LogP contribution < -0.4 is 5.32 Å². The highest BCUT2D eigenvalue weighted by Crippen LogP contribution is 2.35. The summed E-state index contributed by atoms with van der Waals surface area (Å²) in [5.74, 6) is 0. The first-order valence-electron chi connectivity index (χ1n) is 6.43. The molecule has 1 atom stereocenters. The number of sulfonamides is 1. The Hall–Kier alpha value is 0.150. The van der Waals surface area contributed by atoms with Crippen LogP contribution in [0.3, 0.4) is 0 Å². The molecule has 0 bridgehead atoms. The molecule has 114 valence electrons. The maximum atomic E-state index is 11.5. The van der Waals surface area contributed by atoms with Gasteiger partial charge in [-0.2, -0.15) is 0 Å². The van der Waals surface area contributed by atoms with Gasteiger partial charge in [0.1, 0.15) is 0 Å². The molecule has 1 aromatic rings. The summed E-state index contributed by atoms with van der Waals surface area (Å²) in [6.45, 7) is 3.19. The van der Waals surface area contributed by atoms with Gasteiger partial charge in [0.25, 0.3) is 0 Å². The molecule has 8 heteroatoms. The van der Waals surface area contributed by atoms with E-state index in [0.717, 1.165) is 18.4 Å². The Bertz CT molecular complexity index is 566. The van der Waals surface area contributed by atoms with Gasteiger partial charge < -0.3 is 5.32 Å². The van der Waals surface area contributed by atoms with Crippen molar-refractivity contribution >= 4 is 44.6 Å². The number of piperidine rings is 1. The van der Waals surface area contributed by atoms with Crippen LogP contribution in [0, 0.1) is 0 Å². The minimum Gasteiger partial charge on any atom is -0.307 e. The molecule has 1 N–H and O–H groups in total. The second-order valence-corrected chi connectivity index (χ2v) is 9.37. The topological polar surface area (TPSA) is 49.4 Å². The van der Waals surface area contributed by atoms with Crippen LogP contribution >= 0.6 is 34.5 Å². The second kappa shape index (κ2) is 6.50. The monoisotopic (exact) mass is 356 g/mol. The van der Waals surface area contributed by atoms with E-state index in [-0.39, 0.29) is 6.04 Å². The van der Waals surface area contributed by atoms with Crippen LogP contribution in [0.4, 0.5) is 0 Å². The summed E-state index contributed by atoms with van der Waals surface area (Å²) >= 11 is 13.5. The highest BCUT2D eigenvalue weighted by molar-refractivity contribution is 7.88. The molecule has 1 saturated heterocycles. The predicted molar refractivity (Wildman–Crippen MR) is 85.3 cm³/mol. The molecule has 0 aliphatic carbocycles. The lowest BCUT2D eigenvalue weighted by Gasteiger charge is -2.32. The SMILES string of the molecule is CC(NC1CCN(S(C)(=O)=O)CC1)c1cc(Cl)sc1Cl. The molecule has 4 nitrogen and oxygen atoms in total. The number of hydrogen-bond donors (Lipinski definition) is 1. The van der Waals surface area contributed by atoms with Crippen molar-refractivity contribution in [2.45, 2.75) is 31.8 Å². The van der Waals surface area contributed by atoms with Crippen molar-refractivity contribution in [3.8, 4) is 0 Å². The zero-order chi connectivity index (χ0) is 14.9. The minimum atomic E-state index is -3.06. The average molecular weight is 357 g/mol. The van der Waals surface area contributed by atoms with Gasteiger partial charge in [-0.1, -0.05) is 23.2 Å². The van der Waals surface area contributed by atoms with E-state index in [1.807, 2.05) is 13.0 Å². The lowest BCUT2D eigenvalue weighted by Crippen LogP contribution is -2.45. The van der Waals surface area contributed by atoms with Crippen LogP contribution in [0.1, 0.15) is 31.4 Å². The van der Waals surface area contributed by atoms with Gasteiger partial charge in [0.15, 0.2) is 0 Å². The highest BCUT2D eigenvalue weighted by Gasteiger charge is 2.26. The highest BCUT2D eigenvalue weighted by atomic mass is 35.5. The molecule has 0 spiro atoms. The third kappa shape index (κ3) is 4.08. The van der Waals surface area contributed by atoms with Crippen molar-refractivity contribution in [2.24, 2.45) is 0 Å². The fourth-order valence-corrected chi connectivity index (χ4v) is 4.97. The van der Waals surface area contributed by atoms with Crippen molar-refractivity contribution in [2.75, 3.05) is 19.3 Å². The minimum absolute atomic E-state index is 0.112. The first-order chi connectivity index (χ1) is 9.27. The van der Waals surface area contributed by atoms with Gasteiger partial charge in [-0.05, 0) is 31.4 Å². The molecule has 2 rings (SSSR count). The molecule has 1 fully saturated rings. The van der Waals surface area contributed by atoms with E-state index in [1.165, 1.54) is 21.9 Å². The van der Waals surface area contributed by atoms with Gasteiger partial charge in [0.05, 0.1) is 14.9 Å². The second-order valence-electron chi connectivity index (χ2n) is 5.10. The number of halogens is 2. The van der Waals surface area contributed by atoms with E-state index in [0.29, 0.717) is 27.8 Å². The summed E-state index contributed by atoms with van der Waals surface area (Å²) in [5.41, 5.74) is 1.01. The molecule has 0 aromatic carbocycles. The molecule has 0 radical (unpaired) electrons. The average Bonchev–Trinajstić information content (AvgIpc) is 2.68. The zero-order valence-electron chi connectivity index (χ0n) is 11.4. The largest absolute Gasteiger partial charge is 0.307 e. The summed E-state index contributed by atoms with van der Waals surface area (Å²) in [5, 5.41) is 3.50. The van der Waals surface area contributed by atoms with Gasteiger partial charge in [0, 0.05) is 25.2 Å². The van der Waals surface area contributed by atoms with Crippen LogP contribution in [-0.4, -0.2) is 38.1 Å². The van der Waals surface area contributed by atoms with E-state index in [2.05, 4.69) is 5.32 Å². The number of nitrogens with zero attached hydrogens (tertiary/aromatic N) is 1. The maximum Gasteiger partial charge on any atom is 0.211 e. The Kier molecular flexibility index (Phi) is 5.37. The van der Waals surface area contributed by atoms with Crippen LogP contribution in [-0.2, 0) is 10.0 Å². The van der Waals surface area contributed by atoms with Crippen LogP contribution in [0.25, 0.3) is 0 Å². The number of nitrogens with one attached hydrogen (secondary N) is 1. The smallest absolute Gasteiger partial charge is 0.211 e. The maximum absolute atomic E-state index is 11.5. The summed E-state index contributed by atoms with van der Waals surface area (Å²) in [6, 6.07) is 2.30. The standard InChI is InChI=1S/C12H18Cl2N2O2S2/c1-8(10-7-11(13)19-12(10)14)15-9-3-5-16(6-4-9)20(2,17)18/h7-9,15H,3-6H2,1-2H3. The van der Waals surface area contributed by atoms with Crippen LogP contribution in [0.2, 0.25) is 8.67 Å². The third-order valence-electron chi connectivity index (χ3n) is 3.56. The molecule has 1 aromatic heterocycles. The first kappa shape index (κ1) is 16.5. The third-order valence-corrected chi connectivity index (χ3v) is 6.38. The Morgan fingerprint density at radius 2 is 2.00 bits per heavy atom. The van der Waals surface area contributed by atoms with Gasteiger partial charge in [-0.25, -0.2) is 12.7 Å². The Morgan fingerprint density at radius 3 is 2.45 bits per heavy atom. The van der Waals surface area contributed by atoms with Crippen molar-refractivity contribution < 1.29 is 8.42 Å².